The van der Waals surface area contributed by atoms with Crippen molar-refractivity contribution >= 4 is 33.4 Å². The lowest BCUT2D eigenvalue weighted by Gasteiger charge is -2.26. The third-order valence-corrected chi connectivity index (χ3v) is 5.28. The van der Waals surface area contributed by atoms with E-state index in [4.69, 9.17) is 16.1 Å². The molecule has 0 spiro atoms. The Balaban J connectivity index is 1.60. The number of rotatable bonds is 2. The van der Waals surface area contributed by atoms with Crippen LogP contribution < -0.4 is 0 Å². The van der Waals surface area contributed by atoms with Gasteiger partial charge in [-0.2, -0.15) is 0 Å². The first-order valence-electron chi connectivity index (χ1n) is 7.90. The number of benzene rings is 2. The summed E-state index contributed by atoms with van der Waals surface area (Å²) in [5.41, 5.74) is 3.49. The highest BCUT2D eigenvalue weighted by atomic mass is 79.9. The van der Waals surface area contributed by atoms with Gasteiger partial charge in [0.15, 0.2) is 5.76 Å². The number of aromatic nitrogens is 1. The summed E-state index contributed by atoms with van der Waals surface area (Å²) < 4.78 is 6.36. The van der Waals surface area contributed by atoms with Crippen molar-refractivity contribution in [3.63, 3.8) is 0 Å². The quantitative estimate of drug-likeness (QED) is 0.592. The molecule has 4 nitrogen and oxygen atoms in total. The van der Waals surface area contributed by atoms with Gasteiger partial charge in [0.05, 0.1) is 12.1 Å². The van der Waals surface area contributed by atoms with Gasteiger partial charge in [0, 0.05) is 27.2 Å². The molecule has 0 bridgehead atoms. The highest BCUT2D eigenvalue weighted by Gasteiger charge is 2.28. The van der Waals surface area contributed by atoms with Gasteiger partial charge in [-0.15, -0.1) is 0 Å². The van der Waals surface area contributed by atoms with Gasteiger partial charge in [-0.05, 0) is 58.7 Å². The third kappa shape index (κ3) is 3.10. The van der Waals surface area contributed by atoms with Crippen LogP contribution >= 0.6 is 27.5 Å². The molecule has 0 fully saturated rings. The number of hydrogen-bond acceptors (Lipinski definition) is 3. The van der Waals surface area contributed by atoms with Crippen LogP contribution in [0, 0.1) is 0 Å². The number of carbonyl (C=O) groups excluding carboxylic acids is 1. The standard InChI is InChI=1S/C19H14BrClN2O2/c20-16-4-2-1-3-14(16)19(24)23-10-9-15-17(11-23)22-25-18(15)12-5-7-13(21)8-6-12/h1-8H,9-11H2. The lowest BCUT2D eigenvalue weighted by Crippen LogP contribution is -2.36. The Labute approximate surface area is 158 Å². The highest BCUT2D eigenvalue weighted by molar-refractivity contribution is 9.10. The molecule has 126 valence electrons. The Hall–Kier alpha value is -2.11. The SMILES string of the molecule is O=C(c1ccccc1Br)N1CCc2c(noc2-c2ccc(Cl)cc2)C1. The Morgan fingerprint density at radius 1 is 1.16 bits per heavy atom. The van der Waals surface area contributed by atoms with Gasteiger partial charge in [-0.1, -0.05) is 28.9 Å². The molecule has 25 heavy (non-hydrogen) atoms. The number of fused-ring (bicyclic) bond motifs is 1. The largest absolute Gasteiger partial charge is 0.356 e. The van der Waals surface area contributed by atoms with Crippen molar-refractivity contribution in [2.45, 2.75) is 13.0 Å². The second-order valence-corrected chi connectivity index (χ2v) is 7.19. The molecule has 0 aliphatic carbocycles. The molecule has 6 heteroatoms. The first-order chi connectivity index (χ1) is 12.1. The normalized spacial score (nSPS) is 13.6. The zero-order valence-corrected chi connectivity index (χ0v) is 15.5. The fraction of sp³-hybridized carbons (Fsp3) is 0.158. The van der Waals surface area contributed by atoms with Crippen molar-refractivity contribution in [3.05, 3.63) is 74.8 Å². The van der Waals surface area contributed by atoms with E-state index in [-0.39, 0.29) is 5.91 Å². The predicted molar refractivity (Wildman–Crippen MR) is 99.5 cm³/mol. The second kappa shape index (κ2) is 6.65. The van der Waals surface area contributed by atoms with E-state index in [1.807, 2.05) is 48.5 Å². The minimum atomic E-state index is -0.00540. The van der Waals surface area contributed by atoms with E-state index in [1.165, 1.54) is 0 Å². The van der Waals surface area contributed by atoms with Crippen molar-refractivity contribution in [3.8, 4) is 11.3 Å². The molecule has 1 aromatic heterocycles. The Kier molecular flexibility index (Phi) is 4.36. The van der Waals surface area contributed by atoms with Crippen LogP contribution in [0.1, 0.15) is 21.6 Å². The van der Waals surface area contributed by atoms with Gasteiger partial charge in [-0.25, -0.2) is 0 Å². The zero-order valence-electron chi connectivity index (χ0n) is 13.2. The molecule has 2 aromatic carbocycles. The first-order valence-corrected chi connectivity index (χ1v) is 9.08. The van der Waals surface area contributed by atoms with Crippen molar-refractivity contribution in [1.29, 1.82) is 0 Å². The topological polar surface area (TPSA) is 46.3 Å². The summed E-state index contributed by atoms with van der Waals surface area (Å²) in [5, 5.41) is 4.87. The molecule has 3 aromatic rings. The van der Waals surface area contributed by atoms with Crippen LogP contribution in [0.4, 0.5) is 0 Å². The lowest BCUT2D eigenvalue weighted by atomic mass is 10.00. The number of carbonyl (C=O) groups is 1. The maximum absolute atomic E-state index is 12.8. The van der Waals surface area contributed by atoms with Crippen molar-refractivity contribution in [2.75, 3.05) is 6.54 Å². The summed E-state index contributed by atoms with van der Waals surface area (Å²) in [6.45, 7) is 1.08. The van der Waals surface area contributed by atoms with E-state index in [2.05, 4.69) is 21.1 Å². The number of nitrogens with zero attached hydrogens (tertiary/aromatic N) is 2. The van der Waals surface area contributed by atoms with Crippen LogP contribution in [0.5, 0.6) is 0 Å². The Morgan fingerprint density at radius 2 is 1.92 bits per heavy atom. The lowest BCUT2D eigenvalue weighted by molar-refractivity contribution is 0.0730. The minimum Gasteiger partial charge on any atom is -0.356 e. The maximum atomic E-state index is 12.8. The summed E-state index contributed by atoms with van der Waals surface area (Å²) >= 11 is 9.39. The molecular formula is C19H14BrClN2O2. The zero-order chi connectivity index (χ0) is 17.4. The van der Waals surface area contributed by atoms with Gasteiger partial charge in [-0.3, -0.25) is 4.79 Å². The van der Waals surface area contributed by atoms with Gasteiger partial charge in [0.25, 0.3) is 5.91 Å². The van der Waals surface area contributed by atoms with E-state index >= 15 is 0 Å². The Morgan fingerprint density at radius 3 is 2.68 bits per heavy atom. The minimum absolute atomic E-state index is 0.00540. The summed E-state index contributed by atoms with van der Waals surface area (Å²) in [6.07, 6.45) is 0.715. The van der Waals surface area contributed by atoms with Crippen molar-refractivity contribution in [2.24, 2.45) is 0 Å². The molecule has 0 atom stereocenters. The van der Waals surface area contributed by atoms with Crippen LogP contribution in [-0.4, -0.2) is 22.5 Å². The predicted octanol–water partition coefficient (Wildman–Crippen LogP) is 4.96. The van der Waals surface area contributed by atoms with Crippen LogP contribution in [0.25, 0.3) is 11.3 Å². The van der Waals surface area contributed by atoms with Gasteiger partial charge in [0.2, 0.25) is 0 Å². The number of amides is 1. The smallest absolute Gasteiger partial charge is 0.255 e. The second-order valence-electron chi connectivity index (χ2n) is 5.90. The van der Waals surface area contributed by atoms with E-state index in [0.29, 0.717) is 30.1 Å². The van der Waals surface area contributed by atoms with Crippen molar-refractivity contribution < 1.29 is 9.32 Å². The number of halogens is 2. The summed E-state index contributed by atoms with van der Waals surface area (Å²) in [6, 6.07) is 15.0. The molecule has 0 saturated heterocycles. The summed E-state index contributed by atoms with van der Waals surface area (Å²) in [5.74, 6) is 0.758. The molecule has 0 saturated carbocycles. The number of hydrogen-bond donors (Lipinski definition) is 0. The fourth-order valence-corrected chi connectivity index (χ4v) is 3.62. The molecule has 0 N–H and O–H groups in total. The van der Waals surface area contributed by atoms with Gasteiger partial charge >= 0.3 is 0 Å². The van der Waals surface area contributed by atoms with Crippen LogP contribution in [0.2, 0.25) is 5.02 Å². The molecule has 1 amide bonds. The molecule has 0 radical (unpaired) electrons. The van der Waals surface area contributed by atoms with Crippen LogP contribution in [-0.2, 0) is 13.0 Å². The average Bonchev–Trinajstić information content (AvgIpc) is 3.05. The summed E-state index contributed by atoms with van der Waals surface area (Å²) in [7, 11) is 0. The monoisotopic (exact) mass is 416 g/mol. The molecule has 0 unspecified atom stereocenters. The van der Waals surface area contributed by atoms with E-state index < -0.39 is 0 Å². The van der Waals surface area contributed by atoms with Crippen LogP contribution in [0.15, 0.2) is 57.5 Å². The summed E-state index contributed by atoms with van der Waals surface area (Å²) in [4.78, 5) is 14.6. The van der Waals surface area contributed by atoms with Crippen molar-refractivity contribution in [1.82, 2.24) is 10.1 Å². The molecule has 2 heterocycles. The third-order valence-electron chi connectivity index (χ3n) is 4.34. The fourth-order valence-electron chi connectivity index (χ4n) is 3.04. The molecule has 1 aliphatic rings. The highest BCUT2D eigenvalue weighted by Crippen LogP contribution is 2.31. The van der Waals surface area contributed by atoms with E-state index in [9.17, 15) is 4.79 Å². The van der Waals surface area contributed by atoms with E-state index in [1.54, 1.807) is 4.90 Å². The first kappa shape index (κ1) is 16.4. The molecule has 1 aliphatic heterocycles. The molecular weight excluding hydrogens is 404 g/mol. The van der Waals surface area contributed by atoms with E-state index in [0.717, 1.165) is 27.1 Å². The average molecular weight is 418 g/mol. The maximum Gasteiger partial charge on any atom is 0.255 e. The molecule has 4 rings (SSSR count). The van der Waals surface area contributed by atoms with Crippen LogP contribution in [0.3, 0.4) is 0 Å². The van der Waals surface area contributed by atoms with Gasteiger partial charge < -0.3 is 9.42 Å². The van der Waals surface area contributed by atoms with Gasteiger partial charge in [0.1, 0.15) is 5.69 Å². The Bertz CT molecular complexity index is 937.